The first kappa shape index (κ1) is 25.7. The molecule has 0 fully saturated rings. The van der Waals surface area contributed by atoms with E-state index in [4.69, 9.17) is 4.42 Å². The van der Waals surface area contributed by atoms with Gasteiger partial charge in [-0.3, -0.25) is 0 Å². The third kappa shape index (κ3) is 4.41. The lowest BCUT2D eigenvalue weighted by Crippen LogP contribution is -2.17. The zero-order valence-electron chi connectivity index (χ0n) is 23.8. The minimum atomic E-state index is 0.176. The molecule has 4 nitrogen and oxygen atoms in total. The Kier molecular flexibility index (Phi) is 6.24. The van der Waals surface area contributed by atoms with E-state index in [-0.39, 0.29) is 5.75 Å². The van der Waals surface area contributed by atoms with E-state index in [2.05, 4.69) is 101 Å². The molecule has 44 heavy (non-hydrogen) atoms. The lowest BCUT2D eigenvalue weighted by molar-refractivity contribution is 0.476. The van der Waals surface area contributed by atoms with Gasteiger partial charge in [-0.1, -0.05) is 91.0 Å². The summed E-state index contributed by atoms with van der Waals surface area (Å²) in [6, 6.07) is 55.4. The zero-order valence-corrected chi connectivity index (χ0v) is 23.8. The standard InChI is InChI=1S/C40H28N2O2/c43-37-20-11-19-36(40(37)42(31-16-5-2-6-17-31)32-23-22-28-12-7-8-13-29(28)26-32)41(30-14-3-1-4-15-30)33-24-25-39-35(27-33)34-18-9-10-21-38(34)44-39/h1-27,43H. The van der Waals surface area contributed by atoms with Crippen LogP contribution in [0.3, 0.4) is 0 Å². The highest BCUT2D eigenvalue weighted by Crippen LogP contribution is 2.50. The first-order valence-corrected chi connectivity index (χ1v) is 14.7. The summed E-state index contributed by atoms with van der Waals surface area (Å²) in [6.07, 6.45) is 0. The summed E-state index contributed by atoms with van der Waals surface area (Å²) in [5.41, 5.74) is 7.01. The number of fused-ring (bicyclic) bond motifs is 4. The molecule has 210 valence electrons. The zero-order chi connectivity index (χ0) is 29.5. The van der Waals surface area contributed by atoms with Gasteiger partial charge in [-0.05, 0) is 83.6 Å². The predicted molar refractivity (Wildman–Crippen MR) is 182 cm³/mol. The number of anilines is 6. The van der Waals surface area contributed by atoms with Gasteiger partial charge < -0.3 is 19.3 Å². The highest BCUT2D eigenvalue weighted by atomic mass is 16.3. The van der Waals surface area contributed by atoms with Crippen molar-refractivity contribution in [1.29, 1.82) is 0 Å². The van der Waals surface area contributed by atoms with E-state index in [9.17, 15) is 5.11 Å². The number of phenols is 1. The van der Waals surface area contributed by atoms with Crippen LogP contribution in [-0.4, -0.2) is 5.11 Å². The van der Waals surface area contributed by atoms with Gasteiger partial charge in [0.25, 0.3) is 0 Å². The minimum absolute atomic E-state index is 0.176. The molecule has 0 unspecified atom stereocenters. The monoisotopic (exact) mass is 568 g/mol. The molecule has 1 aromatic heterocycles. The van der Waals surface area contributed by atoms with Crippen LogP contribution in [0.15, 0.2) is 168 Å². The summed E-state index contributed by atoms with van der Waals surface area (Å²) < 4.78 is 6.16. The molecule has 8 rings (SSSR count). The van der Waals surface area contributed by atoms with Crippen molar-refractivity contribution in [1.82, 2.24) is 0 Å². The minimum Gasteiger partial charge on any atom is -0.506 e. The molecule has 0 saturated carbocycles. The van der Waals surface area contributed by atoms with E-state index < -0.39 is 0 Å². The van der Waals surface area contributed by atoms with Gasteiger partial charge in [0.2, 0.25) is 0 Å². The van der Waals surface area contributed by atoms with Gasteiger partial charge in [0.15, 0.2) is 0 Å². The van der Waals surface area contributed by atoms with E-state index in [1.165, 1.54) is 0 Å². The molecule has 0 aliphatic carbocycles. The van der Waals surface area contributed by atoms with E-state index >= 15 is 0 Å². The van der Waals surface area contributed by atoms with Crippen LogP contribution in [0.5, 0.6) is 5.75 Å². The Balaban J connectivity index is 1.40. The predicted octanol–water partition coefficient (Wildman–Crippen LogP) is 11.4. The number of phenolic OH excluding ortho intramolecular Hbond substituents is 1. The number of hydrogen-bond donors (Lipinski definition) is 1. The lowest BCUT2D eigenvalue weighted by atomic mass is 10.1. The molecular weight excluding hydrogens is 540 g/mol. The molecule has 8 aromatic rings. The van der Waals surface area contributed by atoms with Crippen LogP contribution in [0.2, 0.25) is 0 Å². The first-order chi connectivity index (χ1) is 21.7. The van der Waals surface area contributed by atoms with Crippen molar-refractivity contribution >= 4 is 66.8 Å². The second-order valence-corrected chi connectivity index (χ2v) is 10.8. The Morgan fingerprint density at radius 3 is 1.82 bits per heavy atom. The van der Waals surface area contributed by atoms with Crippen LogP contribution in [0.1, 0.15) is 0 Å². The number of para-hydroxylation sites is 4. The number of benzene rings is 7. The Hall–Kier alpha value is -6.00. The summed E-state index contributed by atoms with van der Waals surface area (Å²) in [5, 5.41) is 16.1. The topological polar surface area (TPSA) is 39.9 Å². The lowest BCUT2D eigenvalue weighted by Gasteiger charge is -2.33. The molecule has 0 aliphatic rings. The van der Waals surface area contributed by atoms with Crippen LogP contribution in [0.25, 0.3) is 32.7 Å². The Labute approximate surface area is 255 Å². The van der Waals surface area contributed by atoms with E-state index in [1.807, 2.05) is 66.7 Å². The second kappa shape index (κ2) is 10.7. The van der Waals surface area contributed by atoms with Crippen molar-refractivity contribution < 1.29 is 9.52 Å². The number of hydrogen-bond acceptors (Lipinski definition) is 4. The van der Waals surface area contributed by atoms with Crippen molar-refractivity contribution in [3.05, 3.63) is 164 Å². The van der Waals surface area contributed by atoms with Gasteiger partial charge in [0.05, 0.1) is 5.69 Å². The second-order valence-electron chi connectivity index (χ2n) is 10.8. The maximum atomic E-state index is 11.7. The highest BCUT2D eigenvalue weighted by Gasteiger charge is 2.25. The smallest absolute Gasteiger partial charge is 0.141 e. The number of rotatable bonds is 6. The van der Waals surface area contributed by atoms with Crippen LogP contribution in [-0.2, 0) is 0 Å². The van der Waals surface area contributed by atoms with Gasteiger partial charge in [0, 0.05) is 33.5 Å². The van der Waals surface area contributed by atoms with E-state index in [0.717, 1.165) is 61.1 Å². The number of aromatic hydroxyl groups is 1. The van der Waals surface area contributed by atoms with Crippen molar-refractivity contribution in [2.45, 2.75) is 0 Å². The summed E-state index contributed by atoms with van der Waals surface area (Å²) in [4.78, 5) is 4.34. The van der Waals surface area contributed by atoms with Gasteiger partial charge in [0.1, 0.15) is 22.6 Å². The van der Waals surface area contributed by atoms with Crippen molar-refractivity contribution in [2.24, 2.45) is 0 Å². The maximum Gasteiger partial charge on any atom is 0.141 e. The molecule has 4 heteroatoms. The number of nitrogens with zero attached hydrogens (tertiary/aromatic N) is 2. The summed E-state index contributed by atoms with van der Waals surface area (Å²) in [5.74, 6) is 0.176. The normalized spacial score (nSPS) is 11.3. The highest BCUT2D eigenvalue weighted by molar-refractivity contribution is 6.07. The van der Waals surface area contributed by atoms with Gasteiger partial charge >= 0.3 is 0 Å². The molecule has 0 aliphatic heterocycles. The van der Waals surface area contributed by atoms with Crippen LogP contribution < -0.4 is 9.80 Å². The van der Waals surface area contributed by atoms with Crippen molar-refractivity contribution in [3.63, 3.8) is 0 Å². The van der Waals surface area contributed by atoms with E-state index in [0.29, 0.717) is 5.69 Å². The average molecular weight is 569 g/mol. The van der Waals surface area contributed by atoms with E-state index in [1.54, 1.807) is 6.07 Å². The fraction of sp³-hybridized carbons (Fsp3) is 0. The molecule has 0 spiro atoms. The fourth-order valence-corrected chi connectivity index (χ4v) is 6.09. The molecule has 1 heterocycles. The molecule has 0 radical (unpaired) electrons. The third-order valence-electron chi connectivity index (χ3n) is 8.10. The Bertz CT molecular complexity index is 2260. The van der Waals surface area contributed by atoms with Gasteiger partial charge in [-0.25, -0.2) is 0 Å². The summed E-state index contributed by atoms with van der Waals surface area (Å²) >= 11 is 0. The Morgan fingerprint density at radius 1 is 0.409 bits per heavy atom. The first-order valence-electron chi connectivity index (χ1n) is 14.7. The van der Waals surface area contributed by atoms with Crippen LogP contribution >= 0.6 is 0 Å². The van der Waals surface area contributed by atoms with Crippen LogP contribution in [0, 0.1) is 0 Å². The quantitative estimate of drug-likeness (QED) is 0.217. The summed E-state index contributed by atoms with van der Waals surface area (Å²) in [6.45, 7) is 0. The fourth-order valence-electron chi connectivity index (χ4n) is 6.09. The van der Waals surface area contributed by atoms with Crippen LogP contribution in [0.4, 0.5) is 34.1 Å². The molecule has 0 atom stereocenters. The maximum absolute atomic E-state index is 11.7. The molecule has 0 saturated heterocycles. The molecule has 1 N–H and O–H groups in total. The molecule has 0 bridgehead atoms. The van der Waals surface area contributed by atoms with Gasteiger partial charge in [-0.2, -0.15) is 0 Å². The van der Waals surface area contributed by atoms with Crippen molar-refractivity contribution in [3.8, 4) is 5.75 Å². The third-order valence-corrected chi connectivity index (χ3v) is 8.10. The van der Waals surface area contributed by atoms with Crippen molar-refractivity contribution in [2.75, 3.05) is 9.80 Å². The average Bonchev–Trinajstić information content (AvgIpc) is 3.45. The molecule has 7 aromatic carbocycles. The SMILES string of the molecule is Oc1cccc(N(c2ccccc2)c2ccc3oc4ccccc4c3c2)c1N(c1ccccc1)c1ccc2ccccc2c1. The Morgan fingerprint density at radius 2 is 1.02 bits per heavy atom. The van der Waals surface area contributed by atoms with Gasteiger partial charge in [-0.15, -0.1) is 0 Å². The summed E-state index contributed by atoms with van der Waals surface area (Å²) in [7, 11) is 0. The largest absolute Gasteiger partial charge is 0.506 e. The number of furan rings is 1. The molecular formula is C40H28N2O2. The molecule has 0 amide bonds.